The van der Waals surface area contributed by atoms with Gasteiger partial charge in [-0.25, -0.2) is 0 Å². The molecule has 0 fully saturated rings. The van der Waals surface area contributed by atoms with E-state index in [1.807, 2.05) is 11.8 Å². The second kappa shape index (κ2) is 7.06. The summed E-state index contributed by atoms with van der Waals surface area (Å²) in [6.07, 6.45) is -3.79. The molecule has 86 valence electrons. The average molecular weight is 213 g/mol. The van der Waals surface area contributed by atoms with E-state index in [1.165, 1.54) is 0 Å². The fourth-order valence-electron chi connectivity index (χ4n) is 1.30. The highest BCUT2D eigenvalue weighted by Gasteiger charge is 2.26. The number of rotatable bonds is 7. The van der Waals surface area contributed by atoms with E-state index in [-0.39, 0.29) is 13.0 Å². The zero-order valence-corrected chi connectivity index (χ0v) is 8.48. The Morgan fingerprint density at radius 1 is 1.14 bits per heavy atom. The van der Waals surface area contributed by atoms with Gasteiger partial charge in [0, 0.05) is 13.0 Å². The summed E-state index contributed by atoms with van der Waals surface area (Å²) in [5, 5.41) is 8.66. The smallest absolute Gasteiger partial charge is 0.389 e. The third kappa shape index (κ3) is 8.31. The Bertz CT molecular complexity index is 133. The molecule has 0 aromatic rings. The molecule has 0 amide bonds. The van der Waals surface area contributed by atoms with Crippen LogP contribution in [0, 0.1) is 0 Å². The summed E-state index contributed by atoms with van der Waals surface area (Å²) in [4.78, 5) is 1.85. The van der Waals surface area contributed by atoms with Crippen molar-refractivity contribution in [3.05, 3.63) is 0 Å². The van der Waals surface area contributed by atoms with E-state index in [2.05, 4.69) is 0 Å². The normalized spacial score (nSPS) is 12.4. The Labute approximate surface area is 82.7 Å². The Hall–Kier alpha value is -0.290. The molecule has 0 bridgehead atoms. The van der Waals surface area contributed by atoms with Crippen molar-refractivity contribution in [1.29, 1.82) is 0 Å². The van der Waals surface area contributed by atoms with Crippen molar-refractivity contribution in [2.75, 3.05) is 26.2 Å². The van der Waals surface area contributed by atoms with Crippen LogP contribution in [0.1, 0.15) is 26.2 Å². The molecule has 0 aromatic carbocycles. The van der Waals surface area contributed by atoms with Crippen LogP contribution < -0.4 is 0 Å². The van der Waals surface area contributed by atoms with Gasteiger partial charge in [0.1, 0.15) is 0 Å². The van der Waals surface area contributed by atoms with E-state index in [4.69, 9.17) is 5.11 Å². The van der Waals surface area contributed by atoms with E-state index < -0.39 is 12.6 Å². The predicted octanol–water partition coefficient (Wildman–Crippen LogP) is 2.03. The second-order valence-corrected chi connectivity index (χ2v) is 3.28. The summed E-state index contributed by atoms with van der Waals surface area (Å²) in [6, 6.07) is 0. The molecule has 0 rings (SSSR count). The third-order valence-corrected chi connectivity index (χ3v) is 1.89. The molecule has 0 radical (unpaired) electrons. The average Bonchev–Trinajstić information content (AvgIpc) is 2.02. The van der Waals surface area contributed by atoms with E-state index >= 15 is 0 Å². The fraction of sp³-hybridized carbons (Fsp3) is 1.00. The van der Waals surface area contributed by atoms with E-state index in [9.17, 15) is 13.2 Å². The lowest BCUT2D eigenvalue weighted by Crippen LogP contribution is -2.29. The lowest BCUT2D eigenvalue weighted by Gasteiger charge is -2.20. The Kier molecular flexibility index (Phi) is 6.92. The molecule has 0 saturated carbocycles. The number of hydrogen-bond acceptors (Lipinski definition) is 2. The molecular weight excluding hydrogens is 195 g/mol. The maximum absolute atomic E-state index is 11.8. The van der Waals surface area contributed by atoms with Crippen LogP contribution in [0.3, 0.4) is 0 Å². The molecule has 0 aromatic heterocycles. The summed E-state index contributed by atoms with van der Waals surface area (Å²) in [6.45, 7) is 3.60. The molecular formula is C9H18F3NO. The lowest BCUT2D eigenvalue weighted by molar-refractivity contribution is -0.136. The zero-order valence-electron chi connectivity index (χ0n) is 8.48. The Morgan fingerprint density at radius 2 is 1.79 bits per heavy atom. The summed E-state index contributed by atoms with van der Waals surface area (Å²) in [5.74, 6) is 0. The number of nitrogens with zero attached hydrogens (tertiary/aromatic N) is 1. The summed E-state index contributed by atoms with van der Waals surface area (Å²) in [5.41, 5.74) is 0. The summed E-state index contributed by atoms with van der Waals surface area (Å²) < 4.78 is 35.4. The van der Waals surface area contributed by atoms with Crippen molar-refractivity contribution < 1.29 is 18.3 Å². The molecule has 1 N–H and O–H groups in total. The monoisotopic (exact) mass is 213 g/mol. The highest BCUT2D eigenvalue weighted by atomic mass is 19.4. The van der Waals surface area contributed by atoms with Gasteiger partial charge >= 0.3 is 6.18 Å². The molecule has 2 nitrogen and oxygen atoms in total. The minimum Gasteiger partial charge on any atom is -0.395 e. The van der Waals surface area contributed by atoms with Gasteiger partial charge < -0.3 is 10.0 Å². The SMILES string of the molecule is CCCN(CCO)CCCC(F)(F)F. The zero-order chi connectivity index (χ0) is 11.0. The van der Waals surface area contributed by atoms with Gasteiger partial charge in [0.2, 0.25) is 0 Å². The number of hydrogen-bond donors (Lipinski definition) is 1. The first-order valence-electron chi connectivity index (χ1n) is 4.89. The largest absolute Gasteiger partial charge is 0.395 e. The highest BCUT2D eigenvalue weighted by molar-refractivity contribution is 4.59. The van der Waals surface area contributed by atoms with Gasteiger partial charge in [0.15, 0.2) is 0 Å². The van der Waals surface area contributed by atoms with E-state index in [0.717, 1.165) is 13.0 Å². The molecule has 0 saturated heterocycles. The topological polar surface area (TPSA) is 23.5 Å². The standard InChI is InChI=1S/C9H18F3NO/c1-2-5-13(7-8-14)6-3-4-9(10,11)12/h14H,2-8H2,1H3. The maximum atomic E-state index is 11.8. The van der Waals surface area contributed by atoms with Crippen molar-refractivity contribution in [3.63, 3.8) is 0 Å². The van der Waals surface area contributed by atoms with E-state index in [1.54, 1.807) is 0 Å². The van der Waals surface area contributed by atoms with Gasteiger partial charge in [-0.05, 0) is 25.9 Å². The predicted molar refractivity (Wildman–Crippen MR) is 49.1 cm³/mol. The van der Waals surface area contributed by atoms with Crippen LogP contribution in [0.15, 0.2) is 0 Å². The summed E-state index contributed by atoms with van der Waals surface area (Å²) >= 11 is 0. The van der Waals surface area contributed by atoms with Crippen molar-refractivity contribution in [2.24, 2.45) is 0 Å². The van der Waals surface area contributed by atoms with Gasteiger partial charge in [0.05, 0.1) is 6.61 Å². The van der Waals surface area contributed by atoms with Crippen molar-refractivity contribution in [1.82, 2.24) is 4.90 Å². The molecule has 5 heteroatoms. The number of halogens is 3. The quantitative estimate of drug-likeness (QED) is 0.699. The Morgan fingerprint density at radius 3 is 2.21 bits per heavy atom. The lowest BCUT2D eigenvalue weighted by atomic mass is 10.2. The number of aliphatic hydroxyl groups is 1. The molecule has 14 heavy (non-hydrogen) atoms. The molecule has 0 aliphatic carbocycles. The molecule has 0 spiro atoms. The van der Waals surface area contributed by atoms with Gasteiger partial charge in [0.25, 0.3) is 0 Å². The minimum atomic E-state index is -4.06. The van der Waals surface area contributed by atoms with Crippen molar-refractivity contribution >= 4 is 0 Å². The molecule has 0 heterocycles. The third-order valence-electron chi connectivity index (χ3n) is 1.89. The number of aliphatic hydroxyl groups excluding tert-OH is 1. The van der Waals surface area contributed by atoms with Crippen molar-refractivity contribution in [2.45, 2.75) is 32.4 Å². The van der Waals surface area contributed by atoms with Gasteiger partial charge in [-0.1, -0.05) is 6.92 Å². The minimum absolute atomic E-state index is 0.00597. The maximum Gasteiger partial charge on any atom is 0.389 e. The molecule has 0 aliphatic rings. The van der Waals surface area contributed by atoms with Gasteiger partial charge in [-0.3, -0.25) is 0 Å². The van der Waals surface area contributed by atoms with Crippen molar-refractivity contribution in [3.8, 4) is 0 Å². The molecule has 0 aliphatic heterocycles. The fourth-order valence-corrected chi connectivity index (χ4v) is 1.30. The van der Waals surface area contributed by atoms with Crippen LogP contribution in [0.4, 0.5) is 13.2 Å². The second-order valence-electron chi connectivity index (χ2n) is 3.28. The van der Waals surface area contributed by atoms with Crippen LogP contribution in [0.5, 0.6) is 0 Å². The first-order chi connectivity index (χ1) is 6.49. The first-order valence-corrected chi connectivity index (χ1v) is 4.89. The first kappa shape index (κ1) is 13.7. The highest BCUT2D eigenvalue weighted by Crippen LogP contribution is 2.21. The van der Waals surface area contributed by atoms with Crippen LogP contribution in [0.2, 0.25) is 0 Å². The molecule has 0 atom stereocenters. The Balaban J connectivity index is 3.60. The molecule has 0 unspecified atom stereocenters. The van der Waals surface area contributed by atoms with Crippen LogP contribution >= 0.6 is 0 Å². The number of alkyl halides is 3. The van der Waals surface area contributed by atoms with Crippen LogP contribution in [-0.4, -0.2) is 42.4 Å². The van der Waals surface area contributed by atoms with Gasteiger partial charge in [-0.2, -0.15) is 13.2 Å². The van der Waals surface area contributed by atoms with E-state index in [0.29, 0.717) is 13.1 Å². The van der Waals surface area contributed by atoms with Crippen LogP contribution in [-0.2, 0) is 0 Å². The van der Waals surface area contributed by atoms with Crippen LogP contribution in [0.25, 0.3) is 0 Å². The van der Waals surface area contributed by atoms with Gasteiger partial charge in [-0.15, -0.1) is 0 Å². The summed E-state index contributed by atoms with van der Waals surface area (Å²) in [7, 11) is 0.